The first-order chi connectivity index (χ1) is 10.1. The van der Waals surface area contributed by atoms with Gasteiger partial charge in [-0.25, -0.2) is 0 Å². The van der Waals surface area contributed by atoms with Gasteiger partial charge in [0, 0.05) is 19.6 Å². The van der Waals surface area contributed by atoms with Crippen molar-refractivity contribution in [2.75, 3.05) is 32.8 Å². The molecule has 0 aromatic heterocycles. The summed E-state index contributed by atoms with van der Waals surface area (Å²) in [6, 6.07) is 6.30. The Bertz CT molecular complexity index is 429. The molecule has 0 bridgehead atoms. The van der Waals surface area contributed by atoms with Gasteiger partial charge in [0.15, 0.2) is 0 Å². The summed E-state index contributed by atoms with van der Waals surface area (Å²) in [5.74, 6) is 0.955. The van der Waals surface area contributed by atoms with Crippen molar-refractivity contribution >= 4 is 0 Å². The van der Waals surface area contributed by atoms with Crippen LogP contribution in [0.1, 0.15) is 24.5 Å². The lowest BCUT2D eigenvalue weighted by Gasteiger charge is -2.36. The number of hydrogen-bond donors (Lipinski definition) is 1. The third kappa shape index (κ3) is 5.30. The maximum absolute atomic E-state index is 9.22. The van der Waals surface area contributed by atoms with Crippen molar-refractivity contribution in [1.82, 2.24) is 4.90 Å². The molecule has 1 heterocycles. The smallest absolute Gasteiger partial charge is 0.119 e. The second kappa shape index (κ2) is 7.78. The zero-order valence-corrected chi connectivity index (χ0v) is 13.3. The molecule has 0 amide bonds. The molecular formula is C17H27NO3. The quantitative estimate of drug-likeness (QED) is 0.816. The molecular weight excluding hydrogens is 266 g/mol. The van der Waals surface area contributed by atoms with Crippen LogP contribution in [0.3, 0.4) is 0 Å². The maximum Gasteiger partial charge on any atom is 0.119 e. The molecule has 1 saturated heterocycles. The van der Waals surface area contributed by atoms with Crippen LogP contribution in [-0.2, 0) is 4.74 Å². The van der Waals surface area contributed by atoms with Crippen LogP contribution in [0, 0.1) is 13.8 Å². The van der Waals surface area contributed by atoms with E-state index >= 15 is 0 Å². The molecule has 0 radical (unpaired) electrons. The van der Waals surface area contributed by atoms with Crippen LogP contribution < -0.4 is 4.74 Å². The molecule has 1 aromatic rings. The largest absolute Gasteiger partial charge is 0.494 e. The molecule has 1 aromatic carbocycles. The van der Waals surface area contributed by atoms with E-state index < -0.39 is 0 Å². The molecule has 1 fully saturated rings. The van der Waals surface area contributed by atoms with E-state index in [0.717, 1.165) is 38.4 Å². The van der Waals surface area contributed by atoms with Gasteiger partial charge in [-0.15, -0.1) is 0 Å². The molecule has 1 N–H and O–H groups in total. The molecule has 4 heteroatoms. The number of aliphatic hydroxyl groups excluding tert-OH is 1. The molecule has 0 aliphatic carbocycles. The van der Waals surface area contributed by atoms with Crippen LogP contribution in [0.15, 0.2) is 18.2 Å². The molecule has 0 saturated carbocycles. The van der Waals surface area contributed by atoms with Gasteiger partial charge in [-0.3, -0.25) is 4.90 Å². The van der Waals surface area contributed by atoms with Gasteiger partial charge in [0.1, 0.15) is 5.75 Å². The number of morpholine rings is 1. The summed E-state index contributed by atoms with van der Waals surface area (Å²) in [4.78, 5) is 2.35. The van der Waals surface area contributed by atoms with Crippen molar-refractivity contribution in [3.05, 3.63) is 29.3 Å². The Hall–Kier alpha value is -1.10. The fraction of sp³-hybridized carbons (Fsp3) is 0.647. The fourth-order valence-corrected chi connectivity index (χ4v) is 2.92. The van der Waals surface area contributed by atoms with Crippen LogP contribution in [0.2, 0.25) is 0 Å². The van der Waals surface area contributed by atoms with Crippen LogP contribution >= 0.6 is 0 Å². The highest BCUT2D eigenvalue weighted by Crippen LogP contribution is 2.16. The first-order valence-corrected chi connectivity index (χ1v) is 7.76. The van der Waals surface area contributed by atoms with Crippen molar-refractivity contribution in [2.45, 2.75) is 39.4 Å². The van der Waals surface area contributed by atoms with E-state index in [9.17, 15) is 5.11 Å². The zero-order valence-electron chi connectivity index (χ0n) is 13.3. The summed E-state index contributed by atoms with van der Waals surface area (Å²) in [6.07, 6.45) is 1.13. The monoisotopic (exact) mass is 293 g/mol. The van der Waals surface area contributed by atoms with Crippen LogP contribution in [0.5, 0.6) is 5.75 Å². The molecule has 2 unspecified atom stereocenters. The van der Waals surface area contributed by atoms with E-state index in [0.29, 0.717) is 0 Å². The van der Waals surface area contributed by atoms with Crippen LogP contribution in [-0.4, -0.2) is 55.1 Å². The van der Waals surface area contributed by atoms with Gasteiger partial charge in [0.05, 0.1) is 25.4 Å². The average Bonchev–Trinajstić information content (AvgIpc) is 2.42. The van der Waals surface area contributed by atoms with Crippen molar-refractivity contribution in [1.29, 1.82) is 0 Å². The highest BCUT2D eigenvalue weighted by Gasteiger charge is 2.24. The molecule has 1 aliphatic heterocycles. The molecule has 118 valence electrons. The summed E-state index contributed by atoms with van der Waals surface area (Å²) in [6.45, 7) is 9.77. The van der Waals surface area contributed by atoms with Crippen molar-refractivity contribution in [3.63, 3.8) is 0 Å². The number of aliphatic hydroxyl groups is 1. The Morgan fingerprint density at radius 3 is 2.62 bits per heavy atom. The van der Waals surface area contributed by atoms with E-state index in [-0.39, 0.29) is 18.8 Å². The van der Waals surface area contributed by atoms with Gasteiger partial charge in [-0.05, 0) is 50.5 Å². The van der Waals surface area contributed by atoms with Crippen molar-refractivity contribution in [3.8, 4) is 5.75 Å². The van der Waals surface area contributed by atoms with Crippen molar-refractivity contribution < 1.29 is 14.6 Å². The van der Waals surface area contributed by atoms with E-state index in [1.807, 2.05) is 0 Å². The van der Waals surface area contributed by atoms with E-state index in [4.69, 9.17) is 9.47 Å². The van der Waals surface area contributed by atoms with Gasteiger partial charge >= 0.3 is 0 Å². The number of aryl methyl sites for hydroxylation is 2. The average molecular weight is 293 g/mol. The second-order valence-corrected chi connectivity index (χ2v) is 6.04. The summed E-state index contributed by atoms with van der Waals surface area (Å²) in [5.41, 5.74) is 2.47. The van der Waals surface area contributed by atoms with E-state index in [1.54, 1.807) is 0 Å². The molecule has 0 spiro atoms. The van der Waals surface area contributed by atoms with E-state index in [2.05, 4.69) is 43.9 Å². The topological polar surface area (TPSA) is 41.9 Å². The van der Waals surface area contributed by atoms with Gasteiger partial charge in [-0.2, -0.15) is 0 Å². The van der Waals surface area contributed by atoms with Crippen LogP contribution in [0.4, 0.5) is 0 Å². The van der Waals surface area contributed by atoms with Crippen molar-refractivity contribution in [2.24, 2.45) is 0 Å². The molecule has 4 nitrogen and oxygen atoms in total. The fourth-order valence-electron chi connectivity index (χ4n) is 2.92. The Kier molecular flexibility index (Phi) is 6.03. The molecule has 2 atom stereocenters. The Morgan fingerprint density at radius 2 is 1.95 bits per heavy atom. The summed E-state index contributed by atoms with van der Waals surface area (Å²) in [5, 5.41) is 9.22. The molecule has 1 aliphatic rings. The third-order valence-corrected chi connectivity index (χ3v) is 3.69. The van der Waals surface area contributed by atoms with Gasteiger partial charge in [-0.1, -0.05) is 6.07 Å². The maximum atomic E-state index is 9.22. The lowest BCUT2D eigenvalue weighted by molar-refractivity contribution is -0.0955. The normalized spacial score (nSPS) is 23.2. The summed E-state index contributed by atoms with van der Waals surface area (Å²) in [7, 11) is 0. The number of benzene rings is 1. The second-order valence-electron chi connectivity index (χ2n) is 6.04. The Balaban J connectivity index is 1.71. The minimum Gasteiger partial charge on any atom is -0.494 e. The highest BCUT2D eigenvalue weighted by molar-refractivity contribution is 5.32. The zero-order chi connectivity index (χ0) is 15.2. The van der Waals surface area contributed by atoms with Crippen LogP contribution in [0.25, 0.3) is 0 Å². The number of ether oxygens (including phenoxy) is 2. The Labute approximate surface area is 127 Å². The molecule has 2 rings (SSSR count). The first-order valence-electron chi connectivity index (χ1n) is 7.76. The predicted octanol–water partition coefficient (Wildman–Crippen LogP) is 2.15. The lowest BCUT2D eigenvalue weighted by atomic mass is 10.1. The standard InChI is InChI=1S/C17H27NO3/c1-13-7-14(2)9-16(8-13)20-6-4-5-18-10-15(3)21-17(11-18)12-19/h7-9,15,17,19H,4-6,10-12H2,1-3H3. The number of nitrogens with zero attached hydrogens (tertiary/aromatic N) is 1. The predicted molar refractivity (Wildman–Crippen MR) is 83.9 cm³/mol. The minimum atomic E-state index is -0.0471. The summed E-state index contributed by atoms with van der Waals surface area (Å²) < 4.78 is 11.5. The summed E-state index contributed by atoms with van der Waals surface area (Å²) >= 11 is 0. The molecule has 21 heavy (non-hydrogen) atoms. The number of rotatable bonds is 6. The van der Waals surface area contributed by atoms with Gasteiger partial charge in [0.2, 0.25) is 0 Å². The van der Waals surface area contributed by atoms with Gasteiger partial charge in [0.25, 0.3) is 0 Å². The SMILES string of the molecule is Cc1cc(C)cc(OCCCN2CC(C)OC(CO)C2)c1. The number of hydrogen-bond acceptors (Lipinski definition) is 4. The third-order valence-electron chi connectivity index (χ3n) is 3.69. The van der Waals surface area contributed by atoms with E-state index in [1.165, 1.54) is 11.1 Å². The Morgan fingerprint density at radius 1 is 1.24 bits per heavy atom. The first kappa shape index (κ1) is 16.3. The lowest BCUT2D eigenvalue weighted by Crippen LogP contribution is -2.48. The highest BCUT2D eigenvalue weighted by atomic mass is 16.5. The van der Waals surface area contributed by atoms with Gasteiger partial charge < -0.3 is 14.6 Å². The minimum absolute atomic E-state index is 0.0471.